The van der Waals surface area contributed by atoms with E-state index in [-0.39, 0.29) is 5.60 Å². The zero-order valence-electron chi connectivity index (χ0n) is 12.2. The first kappa shape index (κ1) is 13.8. The highest BCUT2D eigenvalue weighted by Crippen LogP contribution is 2.39. The molecule has 3 aliphatic heterocycles. The van der Waals surface area contributed by atoms with Gasteiger partial charge in [0.1, 0.15) is 0 Å². The van der Waals surface area contributed by atoms with Crippen LogP contribution in [0.25, 0.3) is 0 Å². The first-order valence-corrected chi connectivity index (χ1v) is 7.73. The molecule has 4 nitrogen and oxygen atoms in total. The molecule has 5 atom stereocenters. The second-order valence-electron chi connectivity index (χ2n) is 6.54. The Bertz CT molecular complexity index is 304. The van der Waals surface area contributed by atoms with Gasteiger partial charge < -0.3 is 19.5 Å². The van der Waals surface area contributed by atoms with Crippen LogP contribution in [0.2, 0.25) is 0 Å². The summed E-state index contributed by atoms with van der Waals surface area (Å²) in [5.74, 6) is 1.35. The SMILES string of the molecule is CNC(C1COC(C)C1)C1CCOC2(CCOC2)C1. The fraction of sp³-hybridized carbons (Fsp3) is 1.00. The topological polar surface area (TPSA) is 39.7 Å². The summed E-state index contributed by atoms with van der Waals surface area (Å²) >= 11 is 0. The third-order valence-corrected chi connectivity index (χ3v) is 5.18. The van der Waals surface area contributed by atoms with E-state index in [9.17, 15) is 0 Å². The molecule has 0 amide bonds. The van der Waals surface area contributed by atoms with Gasteiger partial charge in [-0.1, -0.05) is 0 Å². The Morgan fingerprint density at radius 1 is 1.26 bits per heavy atom. The molecule has 1 spiro atoms. The lowest BCUT2D eigenvalue weighted by molar-refractivity contribution is -0.105. The number of hydrogen-bond donors (Lipinski definition) is 1. The Labute approximate surface area is 116 Å². The van der Waals surface area contributed by atoms with Gasteiger partial charge in [-0.15, -0.1) is 0 Å². The van der Waals surface area contributed by atoms with Gasteiger partial charge in [0.15, 0.2) is 0 Å². The number of hydrogen-bond acceptors (Lipinski definition) is 4. The van der Waals surface area contributed by atoms with Crippen molar-refractivity contribution in [2.24, 2.45) is 11.8 Å². The van der Waals surface area contributed by atoms with E-state index in [0.29, 0.717) is 24.0 Å². The maximum absolute atomic E-state index is 6.05. The molecular weight excluding hydrogens is 242 g/mol. The van der Waals surface area contributed by atoms with E-state index in [4.69, 9.17) is 14.2 Å². The highest BCUT2D eigenvalue weighted by molar-refractivity contribution is 4.96. The summed E-state index contributed by atoms with van der Waals surface area (Å²) in [4.78, 5) is 0. The minimum absolute atomic E-state index is 0.0170. The molecule has 0 aliphatic carbocycles. The zero-order chi connectivity index (χ0) is 13.3. The fourth-order valence-corrected chi connectivity index (χ4v) is 4.19. The average Bonchev–Trinajstić information content (AvgIpc) is 3.01. The van der Waals surface area contributed by atoms with Crippen LogP contribution in [0.5, 0.6) is 0 Å². The van der Waals surface area contributed by atoms with Gasteiger partial charge in [0.05, 0.1) is 24.9 Å². The minimum atomic E-state index is 0.0170. The maximum Gasteiger partial charge on any atom is 0.0939 e. The molecule has 1 N–H and O–H groups in total. The molecule has 0 radical (unpaired) electrons. The Kier molecular flexibility index (Phi) is 4.13. The van der Waals surface area contributed by atoms with Gasteiger partial charge in [0.25, 0.3) is 0 Å². The molecule has 3 rings (SSSR count). The van der Waals surface area contributed by atoms with Crippen molar-refractivity contribution in [3.8, 4) is 0 Å². The first-order valence-electron chi connectivity index (χ1n) is 7.73. The van der Waals surface area contributed by atoms with Crippen molar-refractivity contribution in [2.75, 3.05) is 33.5 Å². The lowest BCUT2D eigenvalue weighted by Gasteiger charge is -2.41. The molecule has 0 aromatic rings. The molecular formula is C15H27NO3. The summed E-state index contributed by atoms with van der Waals surface area (Å²) in [7, 11) is 2.10. The van der Waals surface area contributed by atoms with Crippen LogP contribution in [0, 0.1) is 11.8 Å². The molecule has 3 fully saturated rings. The molecule has 3 heterocycles. The summed E-state index contributed by atoms with van der Waals surface area (Å²) in [6.07, 6.45) is 4.98. The van der Waals surface area contributed by atoms with Crippen molar-refractivity contribution in [1.29, 1.82) is 0 Å². The van der Waals surface area contributed by atoms with Gasteiger partial charge in [0, 0.05) is 31.6 Å². The second-order valence-corrected chi connectivity index (χ2v) is 6.54. The van der Waals surface area contributed by atoms with Gasteiger partial charge in [-0.3, -0.25) is 0 Å². The number of ether oxygens (including phenoxy) is 3. The van der Waals surface area contributed by atoms with Crippen LogP contribution in [0.3, 0.4) is 0 Å². The van der Waals surface area contributed by atoms with Gasteiger partial charge in [0.2, 0.25) is 0 Å². The Morgan fingerprint density at radius 3 is 2.79 bits per heavy atom. The third kappa shape index (κ3) is 2.82. The van der Waals surface area contributed by atoms with Gasteiger partial charge in [-0.05, 0) is 39.2 Å². The summed E-state index contributed by atoms with van der Waals surface area (Å²) in [6.45, 7) is 5.63. The van der Waals surface area contributed by atoms with Crippen molar-refractivity contribution in [3.05, 3.63) is 0 Å². The quantitative estimate of drug-likeness (QED) is 0.844. The Balaban J connectivity index is 1.65. The predicted octanol–water partition coefficient (Wildman–Crippen LogP) is 1.59. The van der Waals surface area contributed by atoms with E-state index >= 15 is 0 Å². The molecule has 0 bridgehead atoms. The lowest BCUT2D eigenvalue weighted by Crippen LogP contribution is -2.49. The molecule has 0 aromatic heterocycles. The second kappa shape index (κ2) is 5.68. The average molecular weight is 269 g/mol. The summed E-state index contributed by atoms with van der Waals surface area (Å²) in [6, 6.07) is 0.561. The van der Waals surface area contributed by atoms with E-state index in [1.54, 1.807) is 0 Å². The standard InChI is InChI=1S/C15H27NO3/c1-11-7-13(9-18-11)14(16-2)12-3-5-19-15(8-12)4-6-17-10-15/h11-14,16H,3-10H2,1-2H3. The normalized spacial score (nSPS) is 44.8. The molecule has 0 saturated carbocycles. The molecule has 4 heteroatoms. The van der Waals surface area contributed by atoms with Crippen molar-refractivity contribution in [3.63, 3.8) is 0 Å². The van der Waals surface area contributed by atoms with E-state index in [2.05, 4.69) is 19.3 Å². The first-order chi connectivity index (χ1) is 9.22. The van der Waals surface area contributed by atoms with Crippen LogP contribution in [0.1, 0.15) is 32.6 Å². The predicted molar refractivity (Wildman–Crippen MR) is 73.2 cm³/mol. The van der Waals surface area contributed by atoms with Gasteiger partial charge >= 0.3 is 0 Å². The van der Waals surface area contributed by atoms with Crippen molar-refractivity contribution < 1.29 is 14.2 Å². The molecule has 0 aromatic carbocycles. The largest absolute Gasteiger partial charge is 0.378 e. The molecule has 19 heavy (non-hydrogen) atoms. The summed E-state index contributed by atoms with van der Waals surface area (Å²) < 4.78 is 17.4. The smallest absolute Gasteiger partial charge is 0.0939 e. The summed E-state index contributed by atoms with van der Waals surface area (Å²) in [5, 5.41) is 3.56. The molecule has 3 saturated heterocycles. The van der Waals surface area contributed by atoms with Crippen molar-refractivity contribution >= 4 is 0 Å². The van der Waals surface area contributed by atoms with Crippen LogP contribution < -0.4 is 5.32 Å². The van der Waals surface area contributed by atoms with Crippen molar-refractivity contribution in [2.45, 2.75) is 50.4 Å². The molecule has 110 valence electrons. The van der Waals surface area contributed by atoms with Gasteiger partial charge in [-0.25, -0.2) is 0 Å². The Hall–Kier alpha value is -0.160. The lowest BCUT2D eigenvalue weighted by atomic mass is 9.76. The molecule has 5 unspecified atom stereocenters. The van der Waals surface area contributed by atoms with E-state index in [1.165, 1.54) is 6.42 Å². The minimum Gasteiger partial charge on any atom is -0.378 e. The summed E-state index contributed by atoms with van der Waals surface area (Å²) in [5.41, 5.74) is 0.0170. The van der Waals surface area contributed by atoms with Crippen molar-refractivity contribution in [1.82, 2.24) is 5.32 Å². The van der Waals surface area contributed by atoms with Crippen LogP contribution in [-0.2, 0) is 14.2 Å². The van der Waals surface area contributed by atoms with Crippen LogP contribution in [-0.4, -0.2) is 51.2 Å². The van der Waals surface area contributed by atoms with Crippen LogP contribution in [0.4, 0.5) is 0 Å². The maximum atomic E-state index is 6.05. The Morgan fingerprint density at radius 2 is 2.16 bits per heavy atom. The van der Waals surface area contributed by atoms with Crippen LogP contribution >= 0.6 is 0 Å². The highest BCUT2D eigenvalue weighted by Gasteiger charge is 2.44. The number of rotatable bonds is 3. The van der Waals surface area contributed by atoms with E-state index in [0.717, 1.165) is 45.7 Å². The zero-order valence-corrected chi connectivity index (χ0v) is 12.2. The van der Waals surface area contributed by atoms with Gasteiger partial charge in [-0.2, -0.15) is 0 Å². The van der Waals surface area contributed by atoms with E-state index < -0.39 is 0 Å². The van der Waals surface area contributed by atoms with E-state index in [1.807, 2.05) is 0 Å². The van der Waals surface area contributed by atoms with Crippen LogP contribution in [0.15, 0.2) is 0 Å². The fourth-order valence-electron chi connectivity index (χ4n) is 4.19. The number of nitrogens with one attached hydrogen (secondary N) is 1. The third-order valence-electron chi connectivity index (χ3n) is 5.18. The monoisotopic (exact) mass is 269 g/mol. The molecule has 3 aliphatic rings. The highest BCUT2D eigenvalue weighted by atomic mass is 16.6.